The predicted molar refractivity (Wildman–Crippen MR) is 137 cm³/mol. The smallest absolute Gasteiger partial charge is 0.229 e. The number of rotatable bonds is 10. The Labute approximate surface area is 220 Å². The van der Waals surface area contributed by atoms with E-state index in [0.717, 1.165) is 16.7 Å². The van der Waals surface area contributed by atoms with Crippen LogP contribution in [0, 0.1) is 18.4 Å². The minimum Gasteiger partial charge on any atom is -0.508 e. The molecule has 1 aliphatic rings. The maximum atomic E-state index is 10.4. The highest BCUT2D eigenvalue weighted by Gasteiger charge is 2.45. The fraction of sp³-hybridized carbons (Fsp3) is 0.462. The first-order valence-corrected chi connectivity index (χ1v) is 12.1. The van der Waals surface area contributed by atoms with E-state index in [-0.39, 0.29) is 11.5 Å². The van der Waals surface area contributed by atoms with Crippen LogP contribution < -0.4 is 20.1 Å². The molecule has 0 radical (unpaired) electrons. The second-order valence-electron chi connectivity index (χ2n) is 8.81. The standard InChI is InChI=1S/C26H34N4O8/c1-15-10-17(32)12-20(37-25-24(35)23(34)22(33)21(13-31)38-25)19(15)11-16-4-6-18(7-5-16)36-9-3-8-29-26(28-2)30-14-27/h4-7,10,12,21-25,31-35H,3,8-9,11,13H2,1-2H3,(H2,28,29,30)/t21-,22-,23+,24-,25-/m1/s1. The third-order valence-corrected chi connectivity index (χ3v) is 6.09. The van der Waals surface area contributed by atoms with Gasteiger partial charge in [-0.2, -0.15) is 5.26 Å². The Morgan fingerprint density at radius 2 is 1.87 bits per heavy atom. The monoisotopic (exact) mass is 530 g/mol. The molecule has 12 nitrogen and oxygen atoms in total. The molecule has 5 atom stereocenters. The number of guanidine groups is 1. The second kappa shape index (κ2) is 13.8. The largest absolute Gasteiger partial charge is 0.508 e. The Morgan fingerprint density at radius 1 is 1.13 bits per heavy atom. The average molecular weight is 531 g/mol. The molecule has 1 fully saturated rings. The predicted octanol–water partition coefficient (Wildman–Crippen LogP) is -0.115. The summed E-state index contributed by atoms with van der Waals surface area (Å²) in [6.45, 7) is 2.27. The van der Waals surface area contributed by atoms with Gasteiger partial charge in [0.2, 0.25) is 12.2 Å². The number of nitrogens with one attached hydrogen (secondary N) is 2. The number of nitriles is 1. The molecule has 206 valence electrons. The van der Waals surface area contributed by atoms with E-state index in [4.69, 9.17) is 19.5 Å². The topological polar surface area (TPSA) is 189 Å². The molecule has 2 aromatic rings. The summed E-state index contributed by atoms with van der Waals surface area (Å²) in [7, 11) is 1.58. The van der Waals surface area contributed by atoms with Crippen LogP contribution in [0.25, 0.3) is 0 Å². The lowest BCUT2D eigenvalue weighted by Crippen LogP contribution is -2.60. The molecule has 0 spiro atoms. The number of aliphatic imine (C=N–C) groups is 1. The number of hydrogen-bond acceptors (Lipinski definition) is 10. The summed E-state index contributed by atoms with van der Waals surface area (Å²) < 4.78 is 17.1. The van der Waals surface area contributed by atoms with Gasteiger partial charge in [0.05, 0.1) is 13.2 Å². The quantitative estimate of drug-likeness (QED) is 0.0713. The Morgan fingerprint density at radius 3 is 2.53 bits per heavy atom. The Balaban J connectivity index is 1.63. The first kappa shape index (κ1) is 29.0. The van der Waals surface area contributed by atoms with Gasteiger partial charge in [-0.05, 0) is 42.7 Å². The van der Waals surface area contributed by atoms with E-state index in [2.05, 4.69) is 15.6 Å². The van der Waals surface area contributed by atoms with E-state index < -0.39 is 37.3 Å². The molecule has 0 aromatic heterocycles. The molecule has 3 rings (SSSR count). The van der Waals surface area contributed by atoms with Crippen molar-refractivity contribution in [1.82, 2.24) is 10.6 Å². The van der Waals surface area contributed by atoms with E-state index in [0.29, 0.717) is 37.7 Å². The lowest BCUT2D eigenvalue weighted by Gasteiger charge is -2.39. The van der Waals surface area contributed by atoms with Crippen molar-refractivity contribution in [3.05, 3.63) is 53.1 Å². The molecule has 1 heterocycles. The summed E-state index contributed by atoms with van der Waals surface area (Å²) in [5, 5.41) is 64.1. The molecule has 0 aliphatic carbocycles. The molecular formula is C26H34N4O8. The van der Waals surface area contributed by atoms with Crippen molar-refractivity contribution in [3.63, 3.8) is 0 Å². The first-order valence-electron chi connectivity index (χ1n) is 12.1. The summed E-state index contributed by atoms with van der Waals surface area (Å²) in [6.07, 6.45) is -4.20. The summed E-state index contributed by atoms with van der Waals surface area (Å²) in [6, 6.07) is 10.4. The minimum absolute atomic E-state index is 0.0511. The lowest BCUT2D eigenvalue weighted by atomic mass is 9.98. The van der Waals surface area contributed by atoms with Crippen LogP contribution in [0.2, 0.25) is 0 Å². The number of aryl methyl sites for hydroxylation is 1. The maximum Gasteiger partial charge on any atom is 0.229 e. The molecule has 38 heavy (non-hydrogen) atoms. The molecule has 1 saturated heterocycles. The zero-order valence-corrected chi connectivity index (χ0v) is 21.2. The van der Waals surface area contributed by atoms with Gasteiger partial charge in [-0.1, -0.05) is 12.1 Å². The third kappa shape index (κ3) is 7.47. The number of hydrogen-bond donors (Lipinski definition) is 7. The minimum atomic E-state index is -1.58. The van der Waals surface area contributed by atoms with Crippen LogP contribution in [0.15, 0.2) is 41.4 Å². The van der Waals surface area contributed by atoms with Gasteiger partial charge in [-0.25, -0.2) is 0 Å². The van der Waals surface area contributed by atoms with Crippen molar-refractivity contribution in [2.45, 2.75) is 50.5 Å². The van der Waals surface area contributed by atoms with Crippen molar-refractivity contribution in [1.29, 1.82) is 5.26 Å². The Bertz CT molecular complexity index is 1120. The van der Waals surface area contributed by atoms with Crippen LogP contribution in [-0.2, 0) is 11.2 Å². The van der Waals surface area contributed by atoms with Gasteiger partial charge in [0.15, 0.2) is 6.19 Å². The number of aliphatic hydroxyl groups is 4. The zero-order chi connectivity index (χ0) is 27.7. The number of benzene rings is 2. The van der Waals surface area contributed by atoms with Crippen molar-refractivity contribution in [3.8, 4) is 23.4 Å². The van der Waals surface area contributed by atoms with Crippen LogP contribution >= 0.6 is 0 Å². The summed E-state index contributed by atoms with van der Waals surface area (Å²) >= 11 is 0. The van der Waals surface area contributed by atoms with Crippen LogP contribution in [0.1, 0.15) is 23.1 Å². The van der Waals surface area contributed by atoms with Gasteiger partial charge < -0.3 is 45.1 Å². The van der Waals surface area contributed by atoms with Gasteiger partial charge in [-0.3, -0.25) is 10.3 Å². The molecule has 2 aromatic carbocycles. The number of phenolic OH excluding ortho intramolecular Hbond substituents is 1. The van der Waals surface area contributed by atoms with Gasteiger partial charge in [0.1, 0.15) is 41.7 Å². The van der Waals surface area contributed by atoms with Crippen molar-refractivity contribution < 1.29 is 39.7 Å². The van der Waals surface area contributed by atoms with Gasteiger partial charge >= 0.3 is 0 Å². The fourth-order valence-corrected chi connectivity index (χ4v) is 4.00. The molecule has 0 amide bonds. The van der Waals surface area contributed by atoms with Gasteiger partial charge in [0.25, 0.3) is 0 Å². The van der Waals surface area contributed by atoms with Crippen molar-refractivity contribution >= 4 is 5.96 Å². The highest BCUT2D eigenvalue weighted by Crippen LogP contribution is 2.33. The van der Waals surface area contributed by atoms with Crippen LogP contribution in [0.4, 0.5) is 0 Å². The van der Waals surface area contributed by atoms with E-state index in [1.165, 1.54) is 6.07 Å². The molecule has 7 N–H and O–H groups in total. The number of nitrogens with zero attached hydrogens (tertiary/aromatic N) is 2. The van der Waals surface area contributed by atoms with Crippen LogP contribution in [-0.4, -0.2) is 89.0 Å². The molecule has 12 heteroatoms. The highest BCUT2D eigenvalue weighted by molar-refractivity contribution is 5.80. The fourth-order valence-electron chi connectivity index (χ4n) is 4.00. The van der Waals surface area contributed by atoms with Crippen molar-refractivity contribution in [2.75, 3.05) is 26.8 Å². The Hall–Kier alpha value is -3.60. The Kier molecular flexibility index (Phi) is 10.5. The molecule has 0 bridgehead atoms. The van der Waals surface area contributed by atoms with E-state index >= 15 is 0 Å². The maximum absolute atomic E-state index is 10.4. The van der Waals surface area contributed by atoms with E-state index in [9.17, 15) is 25.5 Å². The molecule has 0 saturated carbocycles. The summed E-state index contributed by atoms with van der Waals surface area (Å²) in [5.74, 6) is 1.27. The SMILES string of the molecule is CN=C(NC#N)NCCCOc1ccc(Cc2c(C)cc(O)cc2O[C@@H]2O[C@H](CO)[C@@H](O)[C@H](O)[C@H]2O)cc1. The lowest BCUT2D eigenvalue weighted by molar-refractivity contribution is -0.277. The molecule has 1 aliphatic heterocycles. The number of aliphatic hydroxyl groups excluding tert-OH is 4. The first-order chi connectivity index (χ1) is 18.3. The van der Waals surface area contributed by atoms with Gasteiger partial charge in [0, 0.05) is 31.6 Å². The summed E-state index contributed by atoms with van der Waals surface area (Å²) in [4.78, 5) is 3.90. The van der Waals surface area contributed by atoms with Crippen LogP contribution in [0.3, 0.4) is 0 Å². The molecule has 0 unspecified atom stereocenters. The third-order valence-electron chi connectivity index (χ3n) is 6.09. The van der Waals surface area contributed by atoms with E-state index in [1.54, 1.807) is 19.3 Å². The number of phenols is 1. The zero-order valence-electron chi connectivity index (χ0n) is 21.2. The number of ether oxygens (including phenoxy) is 3. The van der Waals surface area contributed by atoms with Crippen molar-refractivity contribution in [2.24, 2.45) is 4.99 Å². The van der Waals surface area contributed by atoms with E-state index in [1.807, 2.05) is 31.2 Å². The molecular weight excluding hydrogens is 496 g/mol. The normalized spacial score (nSPS) is 23.4. The average Bonchev–Trinajstić information content (AvgIpc) is 2.90. The van der Waals surface area contributed by atoms with Gasteiger partial charge in [-0.15, -0.1) is 0 Å². The summed E-state index contributed by atoms with van der Waals surface area (Å²) in [5.41, 5.74) is 2.38. The number of aromatic hydroxyl groups is 1. The van der Waals surface area contributed by atoms with Crippen LogP contribution in [0.5, 0.6) is 17.2 Å². The highest BCUT2D eigenvalue weighted by atomic mass is 16.7. The second-order valence-corrected chi connectivity index (χ2v) is 8.81.